The van der Waals surface area contributed by atoms with Crippen LogP contribution < -0.4 is 19.3 Å². The van der Waals surface area contributed by atoms with E-state index in [-0.39, 0.29) is 23.3 Å². The van der Waals surface area contributed by atoms with E-state index >= 15 is 0 Å². The Morgan fingerprint density at radius 3 is 2.59 bits per heavy atom. The van der Waals surface area contributed by atoms with Crippen molar-refractivity contribution in [2.24, 2.45) is 0 Å². The van der Waals surface area contributed by atoms with E-state index in [4.69, 9.17) is 19.2 Å². The van der Waals surface area contributed by atoms with Crippen LogP contribution in [0.4, 0.5) is 16.5 Å². The Hall–Kier alpha value is -3.44. The highest BCUT2D eigenvalue weighted by Gasteiger charge is 2.30. The summed E-state index contributed by atoms with van der Waals surface area (Å²) >= 11 is 1.32. The fraction of sp³-hybridized carbons (Fsp3) is 0.462. The van der Waals surface area contributed by atoms with Gasteiger partial charge in [-0.25, -0.2) is 4.98 Å². The minimum Gasteiger partial charge on any atom is -0.495 e. The number of fused-ring (bicyclic) bond motifs is 1. The molecule has 0 aliphatic carbocycles. The number of carbonyl (C=O) groups is 1. The summed E-state index contributed by atoms with van der Waals surface area (Å²) in [5, 5.41) is 12.5. The minimum atomic E-state index is -0.404. The molecule has 196 valence electrons. The van der Waals surface area contributed by atoms with Crippen LogP contribution in [-0.4, -0.2) is 62.4 Å². The highest BCUT2D eigenvalue weighted by Crippen LogP contribution is 2.41. The van der Waals surface area contributed by atoms with Gasteiger partial charge in [-0.3, -0.25) is 19.8 Å². The monoisotopic (exact) mass is 526 g/mol. The van der Waals surface area contributed by atoms with Gasteiger partial charge >= 0.3 is 0 Å². The molecular formula is C26H30N4O6S. The van der Waals surface area contributed by atoms with Crippen LogP contribution in [0.25, 0.3) is 10.2 Å². The predicted octanol–water partition coefficient (Wildman–Crippen LogP) is 5.04. The van der Waals surface area contributed by atoms with Crippen molar-refractivity contribution in [1.29, 1.82) is 0 Å². The SMILES string of the molecule is COc1ccc(OC)c2sc(N(CC3CCCO3)C(=O)c3ccc(N4CCCCC4)c([N+](=O)[O-])c3)nc12. The summed E-state index contributed by atoms with van der Waals surface area (Å²) in [6.45, 7) is 2.48. The van der Waals surface area contributed by atoms with Gasteiger partial charge in [0.15, 0.2) is 5.13 Å². The first-order chi connectivity index (χ1) is 18.0. The Morgan fingerprint density at radius 2 is 1.92 bits per heavy atom. The number of amides is 1. The quantitative estimate of drug-likeness (QED) is 0.297. The minimum absolute atomic E-state index is 0.0579. The fourth-order valence-electron chi connectivity index (χ4n) is 4.99. The molecule has 11 heteroatoms. The van der Waals surface area contributed by atoms with Gasteiger partial charge in [-0.2, -0.15) is 0 Å². The zero-order valence-corrected chi connectivity index (χ0v) is 21.8. The molecule has 2 saturated heterocycles. The Kier molecular flexibility index (Phi) is 7.43. The van der Waals surface area contributed by atoms with Gasteiger partial charge in [0.2, 0.25) is 0 Å². The van der Waals surface area contributed by atoms with E-state index in [1.54, 1.807) is 43.4 Å². The molecule has 0 N–H and O–H groups in total. The lowest BCUT2D eigenvalue weighted by molar-refractivity contribution is -0.384. The van der Waals surface area contributed by atoms with E-state index in [9.17, 15) is 14.9 Å². The average molecular weight is 527 g/mol. The van der Waals surface area contributed by atoms with Crippen LogP contribution in [0.2, 0.25) is 0 Å². The Morgan fingerprint density at radius 1 is 1.16 bits per heavy atom. The molecule has 37 heavy (non-hydrogen) atoms. The number of ether oxygens (including phenoxy) is 3. The second kappa shape index (κ2) is 10.9. The number of rotatable bonds is 8. The van der Waals surface area contributed by atoms with Crippen LogP contribution in [0.1, 0.15) is 42.5 Å². The van der Waals surface area contributed by atoms with Crippen LogP contribution in [0.3, 0.4) is 0 Å². The number of methoxy groups -OCH3 is 2. The number of nitro groups is 1. The van der Waals surface area contributed by atoms with Crippen molar-refractivity contribution in [1.82, 2.24) is 4.98 Å². The molecular weight excluding hydrogens is 496 g/mol. The summed E-state index contributed by atoms with van der Waals surface area (Å²) in [4.78, 5) is 33.9. The van der Waals surface area contributed by atoms with Crippen LogP contribution in [0.5, 0.6) is 11.5 Å². The predicted molar refractivity (Wildman–Crippen MR) is 143 cm³/mol. The number of carbonyl (C=O) groups excluding carboxylic acids is 1. The van der Waals surface area contributed by atoms with Crippen molar-refractivity contribution < 1.29 is 23.9 Å². The first-order valence-electron chi connectivity index (χ1n) is 12.5. The summed E-state index contributed by atoms with van der Waals surface area (Å²) in [5.74, 6) is 0.843. The maximum Gasteiger partial charge on any atom is 0.293 e. The lowest BCUT2D eigenvalue weighted by atomic mass is 10.1. The second-order valence-corrected chi connectivity index (χ2v) is 10.2. The highest BCUT2D eigenvalue weighted by atomic mass is 32.1. The molecule has 2 aliphatic heterocycles. The summed E-state index contributed by atoms with van der Waals surface area (Å²) in [7, 11) is 3.15. The molecule has 0 radical (unpaired) electrons. The van der Waals surface area contributed by atoms with E-state index in [0.717, 1.165) is 49.9 Å². The van der Waals surface area contributed by atoms with Crippen molar-refractivity contribution in [3.8, 4) is 11.5 Å². The second-order valence-electron chi connectivity index (χ2n) is 9.20. The molecule has 2 fully saturated rings. The van der Waals surface area contributed by atoms with Crippen LogP contribution in [0.15, 0.2) is 30.3 Å². The van der Waals surface area contributed by atoms with Gasteiger partial charge in [0.05, 0.1) is 31.8 Å². The molecule has 3 heterocycles. The van der Waals surface area contributed by atoms with Crippen molar-refractivity contribution in [2.45, 2.75) is 38.2 Å². The summed E-state index contributed by atoms with van der Waals surface area (Å²) in [6.07, 6.45) is 4.73. The third-order valence-corrected chi connectivity index (χ3v) is 7.99. The number of nitrogens with zero attached hydrogens (tertiary/aromatic N) is 4. The third-order valence-electron chi connectivity index (χ3n) is 6.90. The maximum atomic E-state index is 13.9. The average Bonchev–Trinajstić information content (AvgIpc) is 3.61. The van der Waals surface area contributed by atoms with Gasteiger partial charge in [-0.1, -0.05) is 11.3 Å². The van der Waals surface area contributed by atoms with Crippen molar-refractivity contribution in [3.05, 3.63) is 46.0 Å². The van der Waals surface area contributed by atoms with Gasteiger partial charge in [0.25, 0.3) is 11.6 Å². The van der Waals surface area contributed by atoms with Gasteiger partial charge in [0, 0.05) is 31.3 Å². The number of piperidine rings is 1. The third kappa shape index (κ3) is 5.05. The normalized spacial score (nSPS) is 17.7. The van der Waals surface area contributed by atoms with Gasteiger partial charge in [-0.05, 0) is 56.4 Å². The summed E-state index contributed by atoms with van der Waals surface area (Å²) < 4.78 is 17.6. The highest BCUT2D eigenvalue weighted by molar-refractivity contribution is 7.22. The topological polar surface area (TPSA) is 107 Å². The Balaban J connectivity index is 1.55. The first kappa shape index (κ1) is 25.2. The van der Waals surface area contributed by atoms with Crippen molar-refractivity contribution in [3.63, 3.8) is 0 Å². The van der Waals surface area contributed by atoms with E-state index in [1.807, 2.05) is 4.90 Å². The van der Waals surface area contributed by atoms with Crippen molar-refractivity contribution >= 4 is 44.0 Å². The van der Waals surface area contributed by atoms with E-state index in [1.165, 1.54) is 17.4 Å². The number of nitro benzene ring substituents is 1. The van der Waals surface area contributed by atoms with Gasteiger partial charge in [0.1, 0.15) is 27.4 Å². The first-order valence-corrected chi connectivity index (χ1v) is 13.3. The van der Waals surface area contributed by atoms with Gasteiger partial charge < -0.3 is 19.1 Å². The molecule has 5 rings (SSSR count). The number of hydrogen-bond donors (Lipinski definition) is 0. The van der Waals surface area contributed by atoms with Crippen molar-refractivity contribution in [2.75, 3.05) is 50.3 Å². The molecule has 2 aromatic carbocycles. The van der Waals surface area contributed by atoms with Crippen LogP contribution >= 0.6 is 11.3 Å². The lowest BCUT2D eigenvalue weighted by Crippen LogP contribution is -2.37. The molecule has 1 aromatic heterocycles. The molecule has 1 amide bonds. The van der Waals surface area contributed by atoms with E-state index in [2.05, 4.69) is 0 Å². The van der Waals surface area contributed by atoms with Crippen LogP contribution in [0, 0.1) is 10.1 Å². The molecule has 3 aromatic rings. The summed E-state index contributed by atoms with van der Waals surface area (Å²) in [5.41, 5.74) is 1.33. The molecule has 1 atom stereocenters. The summed E-state index contributed by atoms with van der Waals surface area (Å²) in [6, 6.07) is 8.35. The Labute approximate surface area is 218 Å². The smallest absolute Gasteiger partial charge is 0.293 e. The fourth-order valence-corrected chi connectivity index (χ4v) is 6.07. The number of thiazole rings is 1. The molecule has 10 nitrogen and oxygen atoms in total. The molecule has 0 saturated carbocycles. The zero-order valence-electron chi connectivity index (χ0n) is 21.0. The van der Waals surface area contributed by atoms with E-state index in [0.29, 0.717) is 41.0 Å². The number of benzene rings is 2. The molecule has 1 unspecified atom stereocenters. The lowest BCUT2D eigenvalue weighted by Gasteiger charge is -2.28. The standard InChI is InChI=1S/C26H30N4O6S/c1-34-21-10-11-22(35-2)24-23(21)27-26(37-24)29(16-18-7-6-14-36-18)25(31)17-8-9-19(20(15-17)30(32)33)28-12-4-3-5-13-28/h8-11,15,18H,3-7,12-14,16H2,1-2H3. The number of aromatic nitrogens is 1. The Bertz CT molecular complexity index is 1260. The molecule has 0 spiro atoms. The van der Waals surface area contributed by atoms with E-state index < -0.39 is 4.92 Å². The van der Waals surface area contributed by atoms with Gasteiger partial charge in [-0.15, -0.1) is 0 Å². The molecule has 0 bridgehead atoms. The molecule has 2 aliphatic rings. The van der Waals surface area contributed by atoms with Crippen LogP contribution in [-0.2, 0) is 4.74 Å². The largest absolute Gasteiger partial charge is 0.495 e. The number of anilines is 2. The maximum absolute atomic E-state index is 13.9. The zero-order chi connectivity index (χ0) is 25.9. The number of hydrogen-bond acceptors (Lipinski definition) is 9.